The molecular formula is C13H21ClN2O2. The van der Waals surface area contributed by atoms with Gasteiger partial charge in [0.05, 0.1) is 19.2 Å². The third-order valence-electron chi connectivity index (χ3n) is 2.69. The van der Waals surface area contributed by atoms with Crippen LogP contribution in [0.4, 0.5) is 0 Å². The van der Waals surface area contributed by atoms with Gasteiger partial charge in [-0.1, -0.05) is 17.7 Å². The number of nitrogens with two attached hydrogens (primary N) is 1. The maximum absolute atomic E-state index is 6.27. The van der Waals surface area contributed by atoms with E-state index in [1.165, 1.54) is 0 Å². The summed E-state index contributed by atoms with van der Waals surface area (Å²) in [5, 5.41) is 3.93. The van der Waals surface area contributed by atoms with E-state index in [2.05, 4.69) is 5.32 Å². The van der Waals surface area contributed by atoms with E-state index in [-0.39, 0.29) is 0 Å². The highest BCUT2D eigenvalue weighted by Gasteiger charge is 2.12. The van der Waals surface area contributed by atoms with E-state index in [4.69, 9.17) is 26.8 Å². The SMILES string of the molecule is COc1ccc(CNCCCCN)c(Cl)c1OC. The molecule has 102 valence electrons. The van der Waals surface area contributed by atoms with Gasteiger partial charge in [-0.25, -0.2) is 0 Å². The van der Waals surface area contributed by atoms with E-state index in [9.17, 15) is 0 Å². The Labute approximate surface area is 113 Å². The lowest BCUT2D eigenvalue weighted by atomic mass is 10.2. The zero-order valence-corrected chi connectivity index (χ0v) is 11.7. The van der Waals surface area contributed by atoms with Gasteiger partial charge in [0.1, 0.15) is 0 Å². The molecule has 18 heavy (non-hydrogen) atoms. The summed E-state index contributed by atoms with van der Waals surface area (Å²) in [4.78, 5) is 0. The summed E-state index contributed by atoms with van der Waals surface area (Å²) >= 11 is 6.27. The molecule has 0 unspecified atom stereocenters. The summed E-state index contributed by atoms with van der Waals surface area (Å²) in [5.41, 5.74) is 6.44. The summed E-state index contributed by atoms with van der Waals surface area (Å²) in [6.07, 6.45) is 2.11. The molecular weight excluding hydrogens is 252 g/mol. The van der Waals surface area contributed by atoms with Gasteiger partial charge in [0.25, 0.3) is 0 Å². The van der Waals surface area contributed by atoms with Crippen molar-refractivity contribution < 1.29 is 9.47 Å². The quantitative estimate of drug-likeness (QED) is 0.713. The number of methoxy groups -OCH3 is 2. The fourth-order valence-electron chi connectivity index (χ4n) is 1.68. The van der Waals surface area contributed by atoms with Gasteiger partial charge in [0.15, 0.2) is 11.5 Å². The Bertz CT molecular complexity index is 372. The van der Waals surface area contributed by atoms with Gasteiger partial charge in [0.2, 0.25) is 0 Å². The highest BCUT2D eigenvalue weighted by atomic mass is 35.5. The molecule has 1 rings (SSSR count). The topological polar surface area (TPSA) is 56.5 Å². The second kappa shape index (κ2) is 8.19. The lowest BCUT2D eigenvalue weighted by molar-refractivity contribution is 0.354. The second-order valence-corrected chi connectivity index (χ2v) is 4.32. The maximum atomic E-state index is 6.27. The Morgan fingerprint density at radius 2 is 2.00 bits per heavy atom. The second-order valence-electron chi connectivity index (χ2n) is 3.95. The molecule has 4 nitrogen and oxygen atoms in total. The van der Waals surface area contributed by atoms with Crippen molar-refractivity contribution in [2.45, 2.75) is 19.4 Å². The lowest BCUT2D eigenvalue weighted by Crippen LogP contribution is -2.16. The summed E-state index contributed by atoms with van der Waals surface area (Å²) in [7, 11) is 3.18. The minimum Gasteiger partial charge on any atom is -0.493 e. The van der Waals surface area contributed by atoms with Crippen molar-refractivity contribution in [3.05, 3.63) is 22.7 Å². The van der Waals surface area contributed by atoms with Crippen LogP contribution in [0.5, 0.6) is 11.5 Å². The number of hydrogen-bond acceptors (Lipinski definition) is 4. The van der Waals surface area contributed by atoms with Crippen LogP contribution in [0.25, 0.3) is 0 Å². The van der Waals surface area contributed by atoms with Crippen LogP contribution in [0.15, 0.2) is 12.1 Å². The fraction of sp³-hybridized carbons (Fsp3) is 0.538. The van der Waals surface area contributed by atoms with Gasteiger partial charge in [-0.15, -0.1) is 0 Å². The minimum atomic E-state index is 0.584. The van der Waals surface area contributed by atoms with Crippen LogP contribution in [0, 0.1) is 0 Å². The summed E-state index contributed by atoms with van der Waals surface area (Å²) in [6, 6.07) is 3.81. The van der Waals surface area contributed by atoms with Crippen molar-refractivity contribution in [2.75, 3.05) is 27.3 Å². The number of nitrogens with one attached hydrogen (secondary N) is 1. The van der Waals surface area contributed by atoms with Gasteiger partial charge >= 0.3 is 0 Å². The fourth-order valence-corrected chi connectivity index (χ4v) is 1.98. The number of rotatable bonds is 8. The Balaban J connectivity index is 2.61. The molecule has 0 heterocycles. The maximum Gasteiger partial charge on any atom is 0.179 e. The van der Waals surface area contributed by atoms with Gasteiger partial charge in [0, 0.05) is 6.54 Å². The van der Waals surface area contributed by atoms with Crippen LogP contribution in [0.2, 0.25) is 5.02 Å². The van der Waals surface area contributed by atoms with Crippen molar-refractivity contribution in [2.24, 2.45) is 5.73 Å². The lowest BCUT2D eigenvalue weighted by Gasteiger charge is -2.13. The van der Waals surface area contributed by atoms with E-state index >= 15 is 0 Å². The van der Waals surface area contributed by atoms with E-state index in [0.29, 0.717) is 23.1 Å². The molecule has 3 N–H and O–H groups in total. The van der Waals surface area contributed by atoms with Crippen molar-refractivity contribution in [3.8, 4) is 11.5 Å². The third kappa shape index (κ3) is 4.05. The molecule has 0 fully saturated rings. The predicted molar refractivity (Wildman–Crippen MR) is 74.6 cm³/mol. The molecule has 0 saturated heterocycles. The number of unbranched alkanes of at least 4 members (excludes halogenated alkanes) is 1. The Morgan fingerprint density at radius 3 is 2.61 bits per heavy atom. The van der Waals surface area contributed by atoms with Crippen molar-refractivity contribution >= 4 is 11.6 Å². The molecule has 0 aliphatic rings. The Hall–Kier alpha value is -0.970. The monoisotopic (exact) mass is 272 g/mol. The standard InChI is InChI=1S/C13H21ClN2O2/c1-17-11-6-5-10(12(14)13(11)18-2)9-16-8-4-3-7-15/h5-6,16H,3-4,7-9,15H2,1-2H3. The minimum absolute atomic E-state index is 0.584. The average Bonchev–Trinajstić information content (AvgIpc) is 2.39. The van der Waals surface area contributed by atoms with Crippen molar-refractivity contribution in [3.63, 3.8) is 0 Å². The van der Waals surface area contributed by atoms with E-state index < -0.39 is 0 Å². The molecule has 0 amide bonds. The van der Waals surface area contributed by atoms with Crippen LogP contribution >= 0.6 is 11.6 Å². The molecule has 0 spiro atoms. The van der Waals surface area contributed by atoms with Crippen LogP contribution in [0.3, 0.4) is 0 Å². The summed E-state index contributed by atoms with van der Waals surface area (Å²) < 4.78 is 10.4. The molecule has 5 heteroatoms. The number of ether oxygens (including phenoxy) is 2. The first-order valence-corrected chi connectivity index (χ1v) is 6.42. The van der Waals surface area contributed by atoms with Crippen LogP contribution in [-0.4, -0.2) is 27.3 Å². The average molecular weight is 273 g/mol. The number of halogens is 1. The first-order chi connectivity index (χ1) is 8.74. The van der Waals surface area contributed by atoms with Gasteiger partial charge in [-0.2, -0.15) is 0 Å². The van der Waals surface area contributed by atoms with Gasteiger partial charge < -0.3 is 20.5 Å². The zero-order chi connectivity index (χ0) is 13.4. The van der Waals surface area contributed by atoms with Crippen molar-refractivity contribution in [1.82, 2.24) is 5.32 Å². The van der Waals surface area contributed by atoms with E-state index in [1.54, 1.807) is 14.2 Å². The van der Waals surface area contributed by atoms with Gasteiger partial charge in [-0.3, -0.25) is 0 Å². The molecule has 0 aliphatic heterocycles. The van der Waals surface area contributed by atoms with Gasteiger partial charge in [-0.05, 0) is 37.6 Å². The molecule has 0 saturated carbocycles. The van der Waals surface area contributed by atoms with E-state index in [0.717, 1.165) is 31.5 Å². The van der Waals surface area contributed by atoms with E-state index in [1.807, 2.05) is 12.1 Å². The van der Waals surface area contributed by atoms with Crippen LogP contribution in [-0.2, 0) is 6.54 Å². The highest BCUT2D eigenvalue weighted by Crippen LogP contribution is 2.37. The molecule has 0 aliphatic carbocycles. The zero-order valence-electron chi connectivity index (χ0n) is 11.0. The Morgan fingerprint density at radius 1 is 1.22 bits per heavy atom. The first-order valence-electron chi connectivity index (χ1n) is 6.04. The molecule has 1 aromatic rings. The molecule has 1 aromatic carbocycles. The molecule has 0 radical (unpaired) electrons. The normalized spacial score (nSPS) is 10.4. The summed E-state index contributed by atoms with van der Waals surface area (Å²) in [6.45, 7) is 2.38. The van der Waals surface area contributed by atoms with Crippen molar-refractivity contribution in [1.29, 1.82) is 0 Å². The largest absolute Gasteiger partial charge is 0.493 e. The highest BCUT2D eigenvalue weighted by molar-refractivity contribution is 6.33. The smallest absolute Gasteiger partial charge is 0.179 e. The van der Waals surface area contributed by atoms with Crippen LogP contribution < -0.4 is 20.5 Å². The summed E-state index contributed by atoms with van der Waals surface area (Å²) in [5.74, 6) is 1.23. The predicted octanol–water partition coefficient (Wildman–Crippen LogP) is 2.19. The Kier molecular flexibility index (Phi) is 6.86. The molecule has 0 atom stereocenters. The molecule has 0 bridgehead atoms. The first kappa shape index (κ1) is 15.1. The molecule has 0 aromatic heterocycles. The van der Waals surface area contributed by atoms with Crippen LogP contribution in [0.1, 0.15) is 18.4 Å². The third-order valence-corrected chi connectivity index (χ3v) is 3.10. The number of benzene rings is 1. The number of hydrogen-bond donors (Lipinski definition) is 2.